The first-order chi connectivity index (χ1) is 7.93. The maximum atomic E-state index is 13.3. The third-order valence-electron chi connectivity index (χ3n) is 2.84. The van der Waals surface area contributed by atoms with Crippen molar-refractivity contribution in [3.63, 3.8) is 0 Å². The Labute approximate surface area is 120 Å². The molecule has 102 valence electrons. The highest BCUT2D eigenvalue weighted by atomic mass is 79.9. The van der Waals surface area contributed by atoms with Gasteiger partial charge in [-0.25, -0.2) is 12.8 Å². The van der Waals surface area contributed by atoms with Gasteiger partial charge in [0.05, 0.1) is 9.37 Å². The van der Waals surface area contributed by atoms with Gasteiger partial charge in [0.1, 0.15) is 5.82 Å². The molecule has 8 heteroatoms. The van der Waals surface area contributed by atoms with E-state index in [-0.39, 0.29) is 27.8 Å². The molecule has 2 rings (SSSR count). The number of rotatable bonds is 3. The fourth-order valence-corrected chi connectivity index (χ4v) is 3.14. The van der Waals surface area contributed by atoms with Gasteiger partial charge in [0.2, 0.25) is 10.0 Å². The smallest absolute Gasteiger partial charge is 0.243 e. The number of hydrogen-bond acceptors (Lipinski definition) is 3. The summed E-state index contributed by atoms with van der Waals surface area (Å²) in [6.45, 7) is 1.27. The van der Waals surface area contributed by atoms with Crippen molar-refractivity contribution in [2.75, 3.05) is 20.1 Å². The van der Waals surface area contributed by atoms with E-state index in [9.17, 15) is 12.8 Å². The molecule has 0 amide bonds. The molecular weight excluding hydrogens is 347 g/mol. The summed E-state index contributed by atoms with van der Waals surface area (Å²) in [4.78, 5) is -0.0207. The third-order valence-corrected chi connectivity index (χ3v) is 5.39. The Hall–Kier alpha value is -0.210. The van der Waals surface area contributed by atoms with Crippen LogP contribution in [-0.2, 0) is 10.0 Å². The standard InChI is InChI=1S/C10H12BrFN2O2S.ClH/c1-14(7-5-13-6-7)17(15,16)8-2-3-9(11)10(12)4-8;/h2-4,7,13H,5-6H2,1H3;1H. The zero-order chi connectivity index (χ0) is 12.6. The Balaban J connectivity index is 0.00000162. The fraction of sp³-hybridized carbons (Fsp3) is 0.400. The molecule has 1 heterocycles. The van der Waals surface area contributed by atoms with Crippen LogP contribution >= 0.6 is 28.3 Å². The van der Waals surface area contributed by atoms with Gasteiger partial charge in [-0.15, -0.1) is 12.4 Å². The van der Waals surface area contributed by atoms with Crippen LogP contribution in [0.2, 0.25) is 0 Å². The highest BCUT2D eigenvalue weighted by Crippen LogP contribution is 2.23. The summed E-state index contributed by atoms with van der Waals surface area (Å²) in [6.07, 6.45) is 0. The molecule has 0 atom stereocenters. The van der Waals surface area contributed by atoms with E-state index in [0.717, 1.165) is 6.07 Å². The molecule has 1 N–H and O–H groups in total. The molecule has 0 aromatic heterocycles. The minimum atomic E-state index is -3.61. The van der Waals surface area contributed by atoms with Crippen molar-refractivity contribution in [2.24, 2.45) is 0 Å². The van der Waals surface area contributed by atoms with Gasteiger partial charge in [0.15, 0.2) is 0 Å². The Morgan fingerprint density at radius 3 is 2.50 bits per heavy atom. The molecule has 1 saturated heterocycles. The summed E-state index contributed by atoms with van der Waals surface area (Å²) >= 11 is 2.99. The normalized spacial score (nSPS) is 16.2. The summed E-state index contributed by atoms with van der Waals surface area (Å²) in [5.41, 5.74) is 0. The molecule has 18 heavy (non-hydrogen) atoms. The molecule has 0 spiro atoms. The van der Waals surface area contributed by atoms with Gasteiger partial charge in [0.25, 0.3) is 0 Å². The highest BCUT2D eigenvalue weighted by molar-refractivity contribution is 9.10. The molecule has 1 aromatic rings. The van der Waals surface area contributed by atoms with Crippen molar-refractivity contribution in [1.29, 1.82) is 0 Å². The molecule has 0 radical (unpaired) electrons. The predicted molar refractivity (Wildman–Crippen MR) is 73.0 cm³/mol. The van der Waals surface area contributed by atoms with Crippen molar-refractivity contribution >= 4 is 38.4 Å². The van der Waals surface area contributed by atoms with Crippen molar-refractivity contribution in [3.05, 3.63) is 28.5 Å². The molecule has 0 bridgehead atoms. The van der Waals surface area contributed by atoms with Crippen LogP contribution in [0.25, 0.3) is 0 Å². The number of sulfonamides is 1. The van der Waals surface area contributed by atoms with E-state index in [1.54, 1.807) is 0 Å². The second-order valence-electron chi connectivity index (χ2n) is 3.91. The number of likely N-dealkylation sites (N-methyl/N-ethyl adjacent to an activating group) is 1. The van der Waals surface area contributed by atoms with E-state index in [0.29, 0.717) is 13.1 Å². The van der Waals surface area contributed by atoms with E-state index in [4.69, 9.17) is 0 Å². The molecule has 4 nitrogen and oxygen atoms in total. The first kappa shape index (κ1) is 15.8. The zero-order valence-corrected chi connectivity index (χ0v) is 12.8. The monoisotopic (exact) mass is 358 g/mol. The van der Waals surface area contributed by atoms with E-state index in [1.807, 2.05) is 0 Å². The summed E-state index contributed by atoms with van der Waals surface area (Å²) in [7, 11) is -2.09. The highest BCUT2D eigenvalue weighted by Gasteiger charge is 2.31. The molecule has 0 unspecified atom stereocenters. The van der Waals surface area contributed by atoms with Gasteiger partial charge in [-0.3, -0.25) is 0 Å². The number of halogens is 3. The molecule has 1 aromatic carbocycles. The molecule has 0 aliphatic carbocycles. The van der Waals surface area contributed by atoms with E-state index >= 15 is 0 Å². The quantitative estimate of drug-likeness (QED) is 0.892. The van der Waals surface area contributed by atoms with Gasteiger partial charge in [-0.2, -0.15) is 4.31 Å². The summed E-state index contributed by atoms with van der Waals surface area (Å²) < 4.78 is 39.2. The van der Waals surface area contributed by atoms with Crippen LogP contribution in [0.4, 0.5) is 4.39 Å². The zero-order valence-electron chi connectivity index (χ0n) is 9.56. The Morgan fingerprint density at radius 2 is 2.06 bits per heavy atom. The SMILES string of the molecule is CN(C1CNC1)S(=O)(=O)c1ccc(Br)c(F)c1.Cl. The van der Waals surface area contributed by atoms with Crippen LogP contribution < -0.4 is 5.32 Å². The maximum Gasteiger partial charge on any atom is 0.243 e. The van der Waals surface area contributed by atoms with Crippen LogP contribution in [0.15, 0.2) is 27.6 Å². The number of hydrogen-bond donors (Lipinski definition) is 1. The molecule has 1 fully saturated rings. The maximum absolute atomic E-state index is 13.3. The topological polar surface area (TPSA) is 49.4 Å². The minimum absolute atomic E-state index is 0. The first-order valence-electron chi connectivity index (χ1n) is 5.07. The Morgan fingerprint density at radius 1 is 1.44 bits per heavy atom. The van der Waals surface area contributed by atoms with E-state index in [2.05, 4.69) is 21.2 Å². The van der Waals surface area contributed by atoms with Gasteiger partial charge < -0.3 is 5.32 Å². The largest absolute Gasteiger partial charge is 0.313 e. The average molecular weight is 360 g/mol. The van der Waals surface area contributed by atoms with E-state index < -0.39 is 15.8 Å². The van der Waals surface area contributed by atoms with Crippen LogP contribution in [0, 0.1) is 5.82 Å². The number of nitrogens with one attached hydrogen (secondary N) is 1. The minimum Gasteiger partial charge on any atom is -0.313 e. The lowest BCUT2D eigenvalue weighted by molar-refractivity contribution is 0.274. The van der Waals surface area contributed by atoms with Gasteiger partial charge in [0, 0.05) is 26.2 Å². The van der Waals surface area contributed by atoms with Crippen LogP contribution in [0.3, 0.4) is 0 Å². The van der Waals surface area contributed by atoms with Gasteiger partial charge in [-0.05, 0) is 34.1 Å². The lowest BCUT2D eigenvalue weighted by Gasteiger charge is -2.34. The van der Waals surface area contributed by atoms with Crippen LogP contribution in [0.5, 0.6) is 0 Å². The predicted octanol–water partition coefficient (Wildman–Crippen LogP) is 1.60. The van der Waals surface area contributed by atoms with Crippen molar-refractivity contribution in [2.45, 2.75) is 10.9 Å². The number of nitrogens with zero attached hydrogens (tertiary/aromatic N) is 1. The summed E-state index contributed by atoms with van der Waals surface area (Å²) in [6, 6.07) is 3.77. The lowest BCUT2D eigenvalue weighted by atomic mass is 10.2. The van der Waals surface area contributed by atoms with Crippen molar-refractivity contribution in [1.82, 2.24) is 9.62 Å². The summed E-state index contributed by atoms with van der Waals surface area (Å²) in [5, 5.41) is 3.00. The summed E-state index contributed by atoms with van der Waals surface area (Å²) in [5.74, 6) is -0.578. The molecule has 1 aliphatic heterocycles. The van der Waals surface area contributed by atoms with Crippen LogP contribution in [0.1, 0.15) is 0 Å². The lowest BCUT2D eigenvalue weighted by Crippen LogP contribution is -2.57. The average Bonchev–Trinajstić information content (AvgIpc) is 2.19. The van der Waals surface area contributed by atoms with Crippen LogP contribution in [-0.4, -0.2) is 38.9 Å². The number of benzene rings is 1. The first-order valence-corrected chi connectivity index (χ1v) is 7.30. The van der Waals surface area contributed by atoms with Crippen molar-refractivity contribution in [3.8, 4) is 0 Å². The second-order valence-corrected chi connectivity index (χ2v) is 6.76. The second kappa shape index (κ2) is 5.83. The van der Waals surface area contributed by atoms with E-state index in [1.165, 1.54) is 23.5 Å². The fourth-order valence-electron chi connectivity index (χ4n) is 1.53. The van der Waals surface area contributed by atoms with Gasteiger partial charge >= 0.3 is 0 Å². The van der Waals surface area contributed by atoms with Gasteiger partial charge in [-0.1, -0.05) is 0 Å². The Kier molecular flexibility index (Phi) is 5.13. The molecular formula is C10H13BrClFN2O2S. The molecule has 0 saturated carbocycles. The Bertz CT molecular complexity index is 537. The van der Waals surface area contributed by atoms with Crippen molar-refractivity contribution < 1.29 is 12.8 Å². The molecule has 1 aliphatic rings. The third kappa shape index (κ3) is 2.85.